The minimum absolute atomic E-state index is 0.351. The Morgan fingerprint density at radius 3 is 1.32 bits per heavy atom. The second kappa shape index (κ2) is 11.7. The highest BCUT2D eigenvalue weighted by Gasteiger charge is 2.41. The van der Waals surface area contributed by atoms with Crippen LogP contribution in [-0.2, 0) is 8.85 Å². The van der Waals surface area contributed by atoms with E-state index in [0.717, 1.165) is 23.9 Å². The fraction of sp³-hybridized carbons (Fsp3) is 0.556. The van der Waals surface area contributed by atoms with Crippen LogP contribution in [0.5, 0.6) is 0 Å². The molecule has 6 rings (SSSR count). The summed E-state index contributed by atoms with van der Waals surface area (Å²) in [6.45, 7) is 9.90. The zero-order valence-corrected chi connectivity index (χ0v) is 27.4. The van der Waals surface area contributed by atoms with Gasteiger partial charge in [0.15, 0.2) is 0 Å². The standard InChI is InChI=1S/C36H50O2Si2/c1-39(2,29-17-7-5-8-18-29)37-35-25-27-15-11-13-21-31(27)33(35)23-24-34-32-22-14-12-16-28(32)26-36(34)38-40(3,4)30-19-9-6-10-20-30/h11-16,21-22,25-26,29-30,33-34H,5-10,17-20,23-24H2,1-4H3. The number of hydrogen-bond donors (Lipinski definition) is 0. The van der Waals surface area contributed by atoms with E-state index in [2.05, 4.69) is 86.9 Å². The molecule has 4 aliphatic rings. The van der Waals surface area contributed by atoms with E-state index in [9.17, 15) is 0 Å². The van der Waals surface area contributed by atoms with Crippen LogP contribution in [0, 0.1) is 0 Å². The molecular formula is C36H50O2Si2. The first-order valence-electron chi connectivity index (χ1n) is 16.3. The van der Waals surface area contributed by atoms with Gasteiger partial charge in [0.25, 0.3) is 0 Å². The molecule has 2 unspecified atom stereocenters. The van der Waals surface area contributed by atoms with Gasteiger partial charge >= 0.3 is 0 Å². The Balaban J connectivity index is 1.22. The largest absolute Gasteiger partial charge is 0.546 e. The summed E-state index contributed by atoms with van der Waals surface area (Å²) in [6.07, 6.45) is 20.7. The Morgan fingerprint density at radius 1 is 0.550 bits per heavy atom. The lowest BCUT2D eigenvalue weighted by atomic mass is 9.88. The Kier molecular flexibility index (Phi) is 8.20. The van der Waals surface area contributed by atoms with E-state index in [4.69, 9.17) is 8.85 Å². The van der Waals surface area contributed by atoms with Crippen molar-refractivity contribution < 1.29 is 8.85 Å². The van der Waals surface area contributed by atoms with Crippen molar-refractivity contribution in [3.8, 4) is 0 Å². The van der Waals surface area contributed by atoms with Crippen LogP contribution >= 0.6 is 0 Å². The molecular weight excluding hydrogens is 521 g/mol. The lowest BCUT2D eigenvalue weighted by Gasteiger charge is -2.38. The summed E-state index contributed by atoms with van der Waals surface area (Å²) < 4.78 is 14.3. The van der Waals surface area contributed by atoms with Gasteiger partial charge in [-0.05, 0) is 110 Å². The molecule has 0 radical (unpaired) electrons. The minimum Gasteiger partial charge on any atom is -0.546 e. The summed E-state index contributed by atoms with van der Waals surface area (Å²) >= 11 is 0. The molecule has 2 aromatic carbocycles. The molecule has 4 aliphatic carbocycles. The molecule has 0 aromatic heterocycles. The fourth-order valence-corrected chi connectivity index (χ4v) is 13.8. The van der Waals surface area contributed by atoms with Gasteiger partial charge in [0.2, 0.25) is 16.6 Å². The number of fused-ring (bicyclic) bond motifs is 2. The summed E-state index contributed by atoms with van der Waals surface area (Å²) in [5.41, 5.74) is 7.20. The van der Waals surface area contributed by atoms with Gasteiger partial charge < -0.3 is 8.85 Å². The third-order valence-electron chi connectivity index (χ3n) is 10.7. The van der Waals surface area contributed by atoms with E-state index in [1.165, 1.54) is 98.0 Å². The van der Waals surface area contributed by atoms with Gasteiger partial charge in [0.05, 0.1) is 11.5 Å². The molecule has 2 aromatic rings. The average molecular weight is 571 g/mol. The summed E-state index contributed by atoms with van der Waals surface area (Å²) in [5, 5.41) is 0. The highest BCUT2D eigenvalue weighted by molar-refractivity contribution is 6.73. The van der Waals surface area contributed by atoms with E-state index in [-0.39, 0.29) is 0 Å². The molecule has 0 spiro atoms. The van der Waals surface area contributed by atoms with Gasteiger partial charge in [-0.25, -0.2) is 0 Å². The van der Waals surface area contributed by atoms with E-state index < -0.39 is 16.6 Å². The Bertz CT molecular complexity index is 1150. The first-order chi connectivity index (χ1) is 19.3. The molecule has 0 amide bonds. The maximum atomic E-state index is 7.17. The zero-order valence-electron chi connectivity index (χ0n) is 25.4. The highest BCUT2D eigenvalue weighted by atomic mass is 28.4. The summed E-state index contributed by atoms with van der Waals surface area (Å²) in [5.74, 6) is 3.20. The van der Waals surface area contributed by atoms with Crippen LogP contribution in [-0.4, -0.2) is 16.6 Å². The molecule has 0 heterocycles. The van der Waals surface area contributed by atoms with Crippen molar-refractivity contribution in [1.29, 1.82) is 0 Å². The first-order valence-corrected chi connectivity index (χ1v) is 22.3. The minimum atomic E-state index is -1.83. The molecule has 40 heavy (non-hydrogen) atoms. The molecule has 0 aliphatic heterocycles. The fourth-order valence-electron chi connectivity index (χ4n) is 8.23. The maximum absolute atomic E-state index is 7.17. The van der Waals surface area contributed by atoms with Crippen LogP contribution in [0.15, 0.2) is 60.0 Å². The van der Waals surface area contributed by atoms with E-state index in [1.807, 2.05) is 0 Å². The lowest BCUT2D eigenvalue weighted by molar-refractivity contribution is 0.328. The SMILES string of the molecule is C[Si](C)(OC1=Cc2ccccc2C1CCC1C(O[Si](C)(C)C2CCCCC2)=Cc2ccccc21)C1CCCCC1. The van der Waals surface area contributed by atoms with Crippen molar-refractivity contribution in [3.05, 3.63) is 82.3 Å². The van der Waals surface area contributed by atoms with E-state index in [1.54, 1.807) is 0 Å². The molecule has 214 valence electrons. The van der Waals surface area contributed by atoms with Gasteiger partial charge in [-0.2, -0.15) is 0 Å². The van der Waals surface area contributed by atoms with Gasteiger partial charge in [-0.15, -0.1) is 0 Å². The Labute approximate surface area is 245 Å². The number of rotatable bonds is 9. The average Bonchev–Trinajstić information content (AvgIpc) is 3.48. The van der Waals surface area contributed by atoms with Crippen LogP contribution < -0.4 is 0 Å². The van der Waals surface area contributed by atoms with Gasteiger partial charge in [-0.3, -0.25) is 0 Å². The molecule has 2 saturated carbocycles. The third-order valence-corrected chi connectivity index (χ3v) is 17.3. The second-order valence-corrected chi connectivity index (χ2v) is 22.6. The smallest absolute Gasteiger partial charge is 0.247 e. The summed E-state index contributed by atoms with van der Waals surface area (Å²) in [7, 11) is -3.66. The molecule has 2 fully saturated rings. The Hall–Kier alpha value is -2.05. The van der Waals surface area contributed by atoms with Crippen LogP contribution in [0.3, 0.4) is 0 Å². The van der Waals surface area contributed by atoms with Crippen molar-refractivity contribution >= 4 is 28.8 Å². The predicted molar refractivity (Wildman–Crippen MR) is 174 cm³/mol. The van der Waals surface area contributed by atoms with Crippen LogP contribution in [0.4, 0.5) is 0 Å². The first kappa shape index (κ1) is 28.1. The molecule has 4 heteroatoms. The zero-order chi connectivity index (χ0) is 27.7. The number of allylic oxidation sites excluding steroid dienone is 2. The van der Waals surface area contributed by atoms with E-state index in [0.29, 0.717) is 11.8 Å². The lowest BCUT2D eigenvalue weighted by Crippen LogP contribution is -2.38. The Morgan fingerprint density at radius 2 is 0.925 bits per heavy atom. The van der Waals surface area contributed by atoms with Crippen LogP contribution in [0.2, 0.25) is 37.3 Å². The summed E-state index contributed by atoms with van der Waals surface area (Å²) in [6, 6.07) is 18.0. The summed E-state index contributed by atoms with van der Waals surface area (Å²) in [4.78, 5) is 0. The predicted octanol–water partition coefficient (Wildman–Crippen LogP) is 11.2. The van der Waals surface area contributed by atoms with Gasteiger partial charge in [0.1, 0.15) is 0 Å². The van der Waals surface area contributed by atoms with Crippen LogP contribution in [0.1, 0.15) is 111 Å². The molecule has 0 N–H and O–H groups in total. The van der Waals surface area contributed by atoms with Crippen molar-refractivity contribution in [2.24, 2.45) is 0 Å². The number of hydrogen-bond acceptors (Lipinski definition) is 2. The normalized spacial score (nSPS) is 23.8. The van der Waals surface area contributed by atoms with Gasteiger partial charge in [0, 0.05) is 11.8 Å². The second-order valence-electron chi connectivity index (χ2n) is 14.1. The van der Waals surface area contributed by atoms with Crippen molar-refractivity contribution in [1.82, 2.24) is 0 Å². The highest BCUT2D eigenvalue weighted by Crippen LogP contribution is 2.49. The molecule has 2 atom stereocenters. The van der Waals surface area contributed by atoms with Gasteiger partial charge in [-0.1, -0.05) is 87.1 Å². The topological polar surface area (TPSA) is 18.5 Å². The van der Waals surface area contributed by atoms with Crippen LogP contribution in [0.25, 0.3) is 12.2 Å². The van der Waals surface area contributed by atoms with Crippen molar-refractivity contribution in [2.45, 2.75) is 126 Å². The molecule has 0 saturated heterocycles. The molecule has 2 nitrogen and oxygen atoms in total. The van der Waals surface area contributed by atoms with Crippen molar-refractivity contribution in [2.75, 3.05) is 0 Å². The quantitative estimate of drug-likeness (QED) is 0.279. The van der Waals surface area contributed by atoms with E-state index >= 15 is 0 Å². The monoisotopic (exact) mass is 570 g/mol. The van der Waals surface area contributed by atoms with Crippen molar-refractivity contribution in [3.63, 3.8) is 0 Å². The maximum Gasteiger partial charge on any atom is 0.247 e. The third kappa shape index (κ3) is 5.81. The molecule has 0 bridgehead atoms. The number of benzene rings is 2.